The van der Waals surface area contributed by atoms with Gasteiger partial charge in [-0.1, -0.05) is 0 Å². The van der Waals surface area contributed by atoms with Crippen molar-refractivity contribution in [2.75, 3.05) is 19.7 Å². The van der Waals surface area contributed by atoms with Gasteiger partial charge in [0.1, 0.15) is 15.7 Å². The molecule has 1 saturated heterocycles. The molecule has 0 spiro atoms. The number of benzene rings is 1. The lowest BCUT2D eigenvalue weighted by molar-refractivity contribution is -0.146. The topological polar surface area (TPSA) is 68.7 Å². The fourth-order valence-corrected chi connectivity index (χ4v) is 3.93. The average molecular weight is 392 g/mol. The van der Waals surface area contributed by atoms with Gasteiger partial charge in [-0.25, -0.2) is 14.2 Å². The van der Waals surface area contributed by atoms with Crippen LogP contribution in [0.25, 0.3) is 10.6 Å². The Hall–Kier alpha value is -2.32. The summed E-state index contributed by atoms with van der Waals surface area (Å²) in [5, 5.41) is 0.599. The molecule has 6 nitrogen and oxygen atoms in total. The van der Waals surface area contributed by atoms with Gasteiger partial charge in [-0.2, -0.15) is 0 Å². The number of nitrogens with zero attached hydrogens (tertiary/aromatic N) is 2. The fraction of sp³-hybridized carbons (Fsp3) is 0.421. The molecule has 0 unspecified atom stereocenters. The Labute approximate surface area is 160 Å². The first-order valence-corrected chi connectivity index (χ1v) is 9.49. The molecule has 1 aromatic heterocycles. The minimum Gasteiger partial charge on any atom is -0.451 e. The van der Waals surface area contributed by atoms with Gasteiger partial charge in [0.05, 0.1) is 17.9 Å². The number of amides is 1. The van der Waals surface area contributed by atoms with Crippen LogP contribution in [-0.2, 0) is 14.3 Å². The number of aromatic nitrogens is 1. The van der Waals surface area contributed by atoms with Crippen LogP contribution in [0.1, 0.15) is 29.2 Å². The van der Waals surface area contributed by atoms with Gasteiger partial charge < -0.3 is 14.4 Å². The van der Waals surface area contributed by atoms with Crippen LogP contribution in [-0.4, -0.2) is 53.7 Å². The standard InChI is InChI=1S/C19H21FN2O4S/c1-11-8-22(9-12(2)26-11)16(23)10-25-19(24)17-13(3)21-18(27-17)14-4-6-15(20)7-5-14/h4-7,11-12H,8-10H2,1-3H3/t11-,12-/m0/s1. The zero-order valence-corrected chi connectivity index (χ0v) is 16.2. The summed E-state index contributed by atoms with van der Waals surface area (Å²) in [6.45, 7) is 6.15. The summed E-state index contributed by atoms with van der Waals surface area (Å²) in [5.74, 6) is -1.16. The molecular weight excluding hydrogens is 371 g/mol. The fourth-order valence-electron chi connectivity index (χ4n) is 2.97. The van der Waals surface area contributed by atoms with Crippen molar-refractivity contribution in [3.63, 3.8) is 0 Å². The van der Waals surface area contributed by atoms with Crippen molar-refractivity contribution in [1.82, 2.24) is 9.88 Å². The van der Waals surface area contributed by atoms with Crippen molar-refractivity contribution in [2.45, 2.75) is 33.0 Å². The van der Waals surface area contributed by atoms with Crippen LogP contribution in [0.4, 0.5) is 4.39 Å². The van der Waals surface area contributed by atoms with Crippen molar-refractivity contribution < 1.29 is 23.5 Å². The molecule has 1 amide bonds. The molecule has 3 rings (SSSR count). The average Bonchev–Trinajstić information content (AvgIpc) is 3.01. The Morgan fingerprint density at radius 3 is 2.52 bits per heavy atom. The number of thiazole rings is 1. The smallest absolute Gasteiger partial charge is 0.350 e. The Balaban J connectivity index is 1.63. The molecular formula is C19H21FN2O4S. The lowest BCUT2D eigenvalue weighted by atomic mass is 10.2. The van der Waals surface area contributed by atoms with E-state index in [0.717, 1.165) is 16.9 Å². The SMILES string of the molecule is Cc1nc(-c2ccc(F)cc2)sc1C(=O)OCC(=O)N1C[C@H](C)O[C@@H](C)C1. The van der Waals surface area contributed by atoms with E-state index >= 15 is 0 Å². The quantitative estimate of drug-likeness (QED) is 0.748. The van der Waals surface area contributed by atoms with Gasteiger partial charge in [0.2, 0.25) is 0 Å². The number of hydrogen-bond acceptors (Lipinski definition) is 6. The predicted octanol–water partition coefficient (Wildman–Crippen LogP) is 3.05. The number of morpholine rings is 1. The predicted molar refractivity (Wildman–Crippen MR) is 99.1 cm³/mol. The Morgan fingerprint density at radius 1 is 1.26 bits per heavy atom. The molecule has 2 heterocycles. The van der Waals surface area contributed by atoms with E-state index in [1.165, 1.54) is 12.1 Å². The van der Waals surface area contributed by atoms with Crippen molar-refractivity contribution >= 4 is 23.2 Å². The molecule has 0 bridgehead atoms. The first-order valence-electron chi connectivity index (χ1n) is 8.67. The summed E-state index contributed by atoms with van der Waals surface area (Å²) >= 11 is 1.16. The minimum absolute atomic E-state index is 0.0459. The normalized spacial score (nSPS) is 19.8. The molecule has 8 heteroatoms. The van der Waals surface area contributed by atoms with E-state index in [2.05, 4.69) is 4.98 Å². The summed E-state index contributed by atoms with van der Waals surface area (Å²) in [5.41, 5.74) is 1.24. The lowest BCUT2D eigenvalue weighted by Gasteiger charge is -2.35. The number of ether oxygens (including phenoxy) is 2. The summed E-state index contributed by atoms with van der Waals surface area (Å²) in [6, 6.07) is 5.89. The van der Waals surface area contributed by atoms with Crippen LogP contribution in [0.3, 0.4) is 0 Å². The summed E-state index contributed by atoms with van der Waals surface area (Å²) in [7, 11) is 0. The third kappa shape index (κ3) is 4.70. The Morgan fingerprint density at radius 2 is 1.89 bits per heavy atom. The highest BCUT2D eigenvalue weighted by atomic mass is 32.1. The highest BCUT2D eigenvalue weighted by Crippen LogP contribution is 2.28. The molecule has 1 aromatic carbocycles. The van der Waals surface area contributed by atoms with Crippen LogP contribution < -0.4 is 0 Å². The maximum Gasteiger partial charge on any atom is 0.350 e. The molecule has 0 aliphatic carbocycles. The van der Waals surface area contributed by atoms with Gasteiger partial charge in [0.25, 0.3) is 5.91 Å². The number of hydrogen-bond donors (Lipinski definition) is 0. The molecule has 2 atom stereocenters. The van der Waals surface area contributed by atoms with E-state index in [1.807, 2.05) is 13.8 Å². The maximum absolute atomic E-state index is 13.1. The third-order valence-corrected chi connectivity index (χ3v) is 5.36. The van der Waals surface area contributed by atoms with Crippen LogP contribution in [0, 0.1) is 12.7 Å². The third-order valence-electron chi connectivity index (χ3n) is 4.17. The monoisotopic (exact) mass is 392 g/mol. The van der Waals surface area contributed by atoms with Gasteiger partial charge in [-0.3, -0.25) is 4.79 Å². The molecule has 0 saturated carbocycles. The number of carbonyl (C=O) groups is 2. The van der Waals surface area contributed by atoms with Crippen LogP contribution >= 0.6 is 11.3 Å². The van der Waals surface area contributed by atoms with Gasteiger partial charge in [0, 0.05) is 18.7 Å². The van der Waals surface area contributed by atoms with E-state index in [9.17, 15) is 14.0 Å². The van der Waals surface area contributed by atoms with E-state index in [0.29, 0.717) is 28.7 Å². The number of aryl methyl sites for hydroxylation is 1. The highest BCUT2D eigenvalue weighted by molar-refractivity contribution is 7.17. The second-order valence-corrected chi connectivity index (χ2v) is 7.57. The second-order valence-electron chi connectivity index (χ2n) is 6.57. The van der Waals surface area contributed by atoms with Crippen LogP contribution in [0.2, 0.25) is 0 Å². The zero-order valence-electron chi connectivity index (χ0n) is 15.4. The number of carbonyl (C=O) groups excluding carboxylic acids is 2. The van der Waals surface area contributed by atoms with Gasteiger partial charge in [0.15, 0.2) is 6.61 Å². The van der Waals surface area contributed by atoms with Gasteiger partial charge in [-0.15, -0.1) is 11.3 Å². The number of rotatable bonds is 4. The first kappa shape index (κ1) is 19.4. The summed E-state index contributed by atoms with van der Waals surface area (Å²) in [4.78, 5) is 31.0. The number of esters is 1. The van der Waals surface area contributed by atoms with E-state index < -0.39 is 5.97 Å². The molecule has 1 fully saturated rings. The largest absolute Gasteiger partial charge is 0.451 e. The van der Waals surface area contributed by atoms with Crippen molar-refractivity contribution in [2.24, 2.45) is 0 Å². The van der Waals surface area contributed by atoms with Crippen LogP contribution in [0.5, 0.6) is 0 Å². The van der Waals surface area contributed by atoms with E-state index in [4.69, 9.17) is 9.47 Å². The van der Waals surface area contributed by atoms with Crippen LogP contribution in [0.15, 0.2) is 24.3 Å². The van der Waals surface area contributed by atoms with E-state index in [-0.39, 0.29) is 30.5 Å². The molecule has 27 heavy (non-hydrogen) atoms. The lowest BCUT2D eigenvalue weighted by Crippen LogP contribution is -2.49. The molecule has 0 radical (unpaired) electrons. The van der Waals surface area contributed by atoms with Crippen molar-refractivity contribution in [1.29, 1.82) is 0 Å². The molecule has 1 aliphatic rings. The molecule has 0 N–H and O–H groups in total. The molecule has 1 aliphatic heterocycles. The zero-order chi connectivity index (χ0) is 19.6. The highest BCUT2D eigenvalue weighted by Gasteiger charge is 2.27. The van der Waals surface area contributed by atoms with Crippen molar-refractivity contribution in [3.8, 4) is 10.6 Å². The second kappa shape index (κ2) is 8.14. The molecule has 144 valence electrons. The van der Waals surface area contributed by atoms with Crippen molar-refractivity contribution in [3.05, 3.63) is 40.7 Å². The summed E-state index contributed by atoms with van der Waals surface area (Å²) < 4.78 is 23.9. The Kier molecular flexibility index (Phi) is 5.86. The first-order chi connectivity index (χ1) is 12.8. The maximum atomic E-state index is 13.1. The van der Waals surface area contributed by atoms with E-state index in [1.54, 1.807) is 24.0 Å². The van der Waals surface area contributed by atoms with Gasteiger partial charge in [-0.05, 0) is 45.0 Å². The summed E-state index contributed by atoms with van der Waals surface area (Å²) in [6.07, 6.45) is -0.0918. The Bertz CT molecular complexity index is 827. The number of halogens is 1. The van der Waals surface area contributed by atoms with Gasteiger partial charge >= 0.3 is 5.97 Å². The molecule has 2 aromatic rings. The minimum atomic E-state index is -0.582.